The molecule has 0 spiro atoms. The smallest absolute Gasteiger partial charge is 0.109 e. The zero-order valence-corrected chi connectivity index (χ0v) is 8.85. The fourth-order valence-corrected chi connectivity index (χ4v) is 1.84. The highest BCUT2D eigenvalue weighted by atomic mass is 35.5. The van der Waals surface area contributed by atoms with Gasteiger partial charge in [0.15, 0.2) is 0 Å². The van der Waals surface area contributed by atoms with Crippen LogP contribution >= 0.6 is 23.4 Å². The van der Waals surface area contributed by atoms with Crippen molar-refractivity contribution in [2.75, 3.05) is 0 Å². The predicted octanol–water partition coefficient (Wildman–Crippen LogP) is 3.69. The Morgan fingerprint density at radius 3 is 2.64 bits per heavy atom. The van der Waals surface area contributed by atoms with E-state index in [4.69, 9.17) is 11.6 Å². The number of halogens is 1. The maximum atomic E-state index is 5.78. The molecule has 0 aliphatic carbocycles. The Morgan fingerprint density at radius 1 is 1.21 bits per heavy atom. The molecule has 69 valence electrons. The van der Waals surface area contributed by atoms with Crippen LogP contribution in [0, 0.1) is 6.07 Å². The van der Waals surface area contributed by atoms with E-state index in [1.54, 1.807) is 18.0 Å². The van der Waals surface area contributed by atoms with Crippen LogP contribution in [0.2, 0.25) is 5.02 Å². The van der Waals surface area contributed by atoms with Crippen LogP contribution < -0.4 is 0 Å². The maximum absolute atomic E-state index is 5.78. The first-order valence-electron chi connectivity index (χ1n) is 4.11. The lowest BCUT2D eigenvalue weighted by Gasteiger charge is -1.99. The molecule has 14 heavy (non-hydrogen) atoms. The van der Waals surface area contributed by atoms with Gasteiger partial charge in [-0.25, -0.2) is 4.98 Å². The molecule has 0 unspecified atom stereocenters. The third-order valence-electron chi connectivity index (χ3n) is 1.61. The van der Waals surface area contributed by atoms with Crippen LogP contribution in [-0.2, 0) is 0 Å². The molecule has 0 saturated heterocycles. The van der Waals surface area contributed by atoms with E-state index in [1.165, 1.54) is 0 Å². The zero-order chi connectivity index (χ0) is 9.80. The predicted molar refractivity (Wildman–Crippen MR) is 58.6 cm³/mol. The first-order valence-corrected chi connectivity index (χ1v) is 5.30. The molecule has 3 heteroatoms. The summed E-state index contributed by atoms with van der Waals surface area (Å²) in [5, 5.41) is 1.62. The highest BCUT2D eigenvalue weighted by Gasteiger charge is 1.97. The van der Waals surface area contributed by atoms with E-state index < -0.39 is 0 Å². The van der Waals surface area contributed by atoms with Gasteiger partial charge in [0.2, 0.25) is 0 Å². The highest BCUT2D eigenvalue weighted by Crippen LogP contribution is 2.25. The number of hydrogen-bond donors (Lipinski definition) is 0. The molecule has 0 aliphatic heterocycles. The van der Waals surface area contributed by atoms with Crippen LogP contribution in [0.5, 0.6) is 0 Å². The Kier molecular flexibility index (Phi) is 3.07. The summed E-state index contributed by atoms with van der Waals surface area (Å²) in [6, 6.07) is 14.4. The fraction of sp³-hybridized carbons (Fsp3) is 0. The van der Waals surface area contributed by atoms with Crippen LogP contribution in [0.1, 0.15) is 0 Å². The van der Waals surface area contributed by atoms with Gasteiger partial charge in [-0.2, -0.15) is 0 Å². The van der Waals surface area contributed by atoms with Gasteiger partial charge in [-0.05, 0) is 30.3 Å². The van der Waals surface area contributed by atoms with Crippen molar-refractivity contribution >= 4 is 23.4 Å². The second-order valence-electron chi connectivity index (χ2n) is 2.64. The number of benzene rings is 1. The van der Waals surface area contributed by atoms with Gasteiger partial charge in [0, 0.05) is 22.2 Å². The van der Waals surface area contributed by atoms with Gasteiger partial charge >= 0.3 is 0 Å². The van der Waals surface area contributed by atoms with E-state index >= 15 is 0 Å². The molecule has 0 fully saturated rings. The molecule has 2 aromatic rings. The Morgan fingerprint density at radius 2 is 2.00 bits per heavy atom. The van der Waals surface area contributed by atoms with Crippen molar-refractivity contribution in [2.45, 2.75) is 9.92 Å². The number of rotatable bonds is 2. The largest absolute Gasteiger partial charge is 0.249 e. The summed E-state index contributed by atoms with van der Waals surface area (Å²) in [5.74, 6) is 0. The lowest BCUT2D eigenvalue weighted by atomic mass is 10.4. The minimum atomic E-state index is 0.749. The Labute approximate surface area is 92.1 Å². The van der Waals surface area contributed by atoms with Gasteiger partial charge in [0.1, 0.15) is 5.03 Å². The number of aromatic nitrogens is 1. The van der Waals surface area contributed by atoms with Crippen molar-refractivity contribution in [3.05, 3.63) is 53.7 Å². The molecule has 2 rings (SSSR count). The van der Waals surface area contributed by atoms with Crippen molar-refractivity contribution < 1.29 is 0 Å². The second-order valence-corrected chi connectivity index (χ2v) is 4.14. The lowest BCUT2D eigenvalue weighted by Crippen LogP contribution is -1.77. The topological polar surface area (TPSA) is 12.9 Å². The third kappa shape index (κ3) is 2.50. The van der Waals surface area contributed by atoms with E-state index in [1.807, 2.05) is 36.4 Å². The average molecular weight is 221 g/mol. The molecule has 0 bridgehead atoms. The maximum Gasteiger partial charge on any atom is 0.109 e. The summed E-state index contributed by atoms with van der Waals surface area (Å²) in [6.45, 7) is 0. The molecule has 0 amide bonds. The van der Waals surface area contributed by atoms with E-state index in [0.29, 0.717) is 0 Å². The molecule has 0 aliphatic rings. The minimum absolute atomic E-state index is 0.749. The number of hydrogen-bond acceptors (Lipinski definition) is 2. The van der Waals surface area contributed by atoms with Gasteiger partial charge in [0.05, 0.1) is 0 Å². The molecule has 1 radical (unpaired) electrons. The van der Waals surface area contributed by atoms with Crippen molar-refractivity contribution in [1.82, 2.24) is 4.98 Å². The van der Waals surface area contributed by atoms with Crippen LogP contribution in [-0.4, -0.2) is 4.98 Å². The van der Waals surface area contributed by atoms with Crippen molar-refractivity contribution in [1.29, 1.82) is 0 Å². The normalized spacial score (nSPS) is 10.1. The quantitative estimate of drug-likeness (QED) is 0.766. The summed E-state index contributed by atoms with van der Waals surface area (Å²) in [6.07, 6.45) is 1.76. The molecular formula is C11H7ClNS. The fourth-order valence-electron chi connectivity index (χ4n) is 0.981. The van der Waals surface area contributed by atoms with E-state index in [0.717, 1.165) is 14.9 Å². The van der Waals surface area contributed by atoms with Crippen LogP contribution in [0.4, 0.5) is 0 Å². The van der Waals surface area contributed by atoms with Crippen molar-refractivity contribution in [3.63, 3.8) is 0 Å². The standard InChI is InChI=1S/C11H7ClNS/c12-9-4-6-10(7-5-9)14-11-3-1-2-8-13-11/h1-2,4-8H. The third-order valence-corrected chi connectivity index (χ3v) is 2.79. The van der Waals surface area contributed by atoms with Crippen molar-refractivity contribution in [3.8, 4) is 0 Å². The summed E-state index contributed by atoms with van der Waals surface area (Å²) in [5.41, 5.74) is 0. The minimum Gasteiger partial charge on any atom is -0.249 e. The Bertz CT molecular complexity index is 399. The van der Waals surface area contributed by atoms with Crippen LogP contribution in [0.3, 0.4) is 0 Å². The molecule has 1 aromatic heterocycles. The van der Waals surface area contributed by atoms with Gasteiger partial charge in [-0.1, -0.05) is 29.4 Å². The molecule has 0 atom stereocenters. The molecule has 0 saturated carbocycles. The first-order chi connectivity index (χ1) is 6.84. The Hall–Kier alpha value is -0.990. The first kappa shape index (κ1) is 9.56. The second kappa shape index (κ2) is 4.49. The monoisotopic (exact) mass is 220 g/mol. The molecule has 0 N–H and O–H groups in total. The number of pyridine rings is 1. The summed E-state index contributed by atoms with van der Waals surface area (Å²) in [7, 11) is 0. The summed E-state index contributed by atoms with van der Waals surface area (Å²) in [4.78, 5) is 5.29. The van der Waals surface area contributed by atoms with Gasteiger partial charge in [-0.3, -0.25) is 0 Å². The summed E-state index contributed by atoms with van der Waals surface area (Å²) >= 11 is 7.35. The Balaban J connectivity index is 2.16. The van der Waals surface area contributed by atoms with Crippen LogP contribution in [0.25, 0.3) is 0 Å². The van der Waals surface area contributed by atoms with E-state index in [2.05, 4.69) is 11.1 Å². The summed E-state index contributed by atoms with van der Waals surface area (Å²) < 4.78 is 0. The number of nitrogens with zero attached hydrogens (tertiary/aromatic N) is 1. The van der Waals surface area contributed by atoms with Crippen LogP contribution in [0.15, 0.2) is 52.5 Å². The lowest BCUT2D eigenvalue weighted by molar-refractivity contribution is 1.12. The van der Waals surface area contributed by atoms with Gasteiger partial charge < -0.3 is 0 Å². The average Bonchev–Trinajstić information content (AvgIpc) is 2.23. The molecule has 1 nitrogen and oxygen atoms in total. The molecule has 1 aromatic carbocycles. The molecule has 1 heterocycles. The van der Waals surface area contributed by atoms with Gasteiger partial charge in [-0.15, -0.1) is 0 Å². The SMILES string of the molecule is Clc1ccc(Sc2[c]cccn2)cc1. The van der Waals surface area contributed by atoms with E-state index in [9.17, 15) is 0 Å². The molecular weight excluding hydrogens is 214 g/mol. The zero-order valence-electron chi connectivity index (χ0n) is 7.27. The van der Waals surface area contributed by atoms with Gasteiger partial charge in [0.25, 0.3) is 0 Å². The highest BCUT2D eigenvalue weighted by molar-refractivity contribution is 7.99. The van der Waals surface area contributed by atoms with Crippen molar-refractivity contribution in [2.24, 2.45) is 0 Å². The van der Waals surface area contributed by atoms with E-state index in [-0.39, 0.29) is 0 Å².